The fourth-order valence-corrected chi connectivity index (χ4v) is 2.11. The van der Waals surface area contributed by atoms with E-state index in [-0.39, 0.29) is 0 Å². The first-order valence-corrected chi connectivity index (χ1v) is 6.14. The molecule has 1 rings (SSSR count). The molecule has 0 heterocycles. The summed E-state index contributed by atoms with van der Waals surface area (Å²) in [5.74, 6) is 0.876. The molecule has 0 fully saturated rings. The second kappa shape index (κ2) is 6.37. The summed E-state index contributed by atoms with van der Waals surface area (Å²) in [6.45, 7) is 6.39. The van der Waals surface area contributed by atoms with Crippen molar-refractivity contribution in [1.82, 2.24) is 0 Å². The Kier molecular flexibility index (Phi) is 5.10. The van der Waals surface area contributed by atoms with Crippen molar-refractivity contribution in [3.63, 3.8) is 0 Å². The number of hydrogen-bond donors (Lipinski definition) is 1. The lowest BCUT2D eigenvalue weighted by Crippen LogP contribution is -1.99. The minimum atomic E-state index is 0.434. The minimum Gasteiger partial charge on any atom is -0.508 e. The number of allylic oxidation sites excluding steroid dienone is 2. The molecule has 0 saturated carbocycles. The Morgan fingerprint density at radius 3 is 2.56 bits per heavy atom. The zero-order chi connectivity index (χ0) is 12.0. The van der Waals surface area contributed by atoms with Crippen LogP contribution >= 0.6 is 0 Å². The lowest BCUT2D eigenvalue weighted by Gasteiger charge is -2.17. The molecule has 0 aliphatic heterocycles. The molecule has 0 aliphatic rings. The van der Waals surface area contributed by atoms with Crippen LogP contribution in [0.5, 0.6) is 5.75 Å². The molecule has 1 aromatic carbocycles. The van der Waals surface area contributed by atoms with Crippen LogP contribution in [0.25, 0.3) is 0 Å². The Morgan fingerprint density at radius 2 is 2.00 bits per heavy atom. The summed E-state index contributed by atoms with van der Waals surface area (Å²) < 4.78 is 0. The predicted octanol–water partition coefficient (Wildman–Crippen LogP) is 4.55. The van der Waals surface area contributed by atoms with Crippen LogP contribution in [0.2, 0.25) is 0 Å². The summed E-state index contributed by atoms with van der Waals surface area (Å²) in [5, 5.41) is 9.93. The molecule has 1 aromatic rings. The number of benzene rings is 1. The van der Waals surface area contributed by atoms with E-state index in [1.807, 2.05) is 6.07 Å². The van der Waals surface area contributed by atoms with Gasteiger partial charge < -0.3 is 5.11 Å². The fraction of sp³-hybridized carbons (Fsp3) is 0.467. The van der Waals surface area contributed by atoms with E-state index in [9.17, 15) is 5.11 Å². The van der Waals surface area contributed by atoms with Gasteiger partial charge in [0, 0.05) is 5.56 Å². The third kappa shape index (κ3) is 3.13. The van der Waals surface area contributed by atoms with E-state index in [1.54, 1.807) is 6.07 Å². The van der Waals surface area contributed by atoms with E-state index in [1.165, 1.54) is 5.56 Å². The SMILES string of the molecule is CC/C=C\CC(CC)c1c(C)cccc1O. The summed E-state index contributed by atoms with van der Waals surface area (Å²) in [4.78, 5) is 0. The molecule has 1 nitrogen and oxygen atoms in total. The Labute approximate surface area is 98.8 Å². The maximum atomic E-state index is 9.93. The van der Waals surface area contributed by atoms with Gasteiger partial charge in [-0.3, -0.25) is 0 Å². The van der Waals surface area contributed by atoms with Gasteiger partial charge in [0.25, 0.3) is 0 Å². The van der Waals surface area contributed by atoms with Gasteiger partial charge >= 0.3 is 0 Å². The number of aromatic hydroxyl groups is 1. The monoisotopic (exact) mass is 218 g/mol. The normalized spacial score (nSPS) is 13.2. The molecule has 0 aliphatic carbocycles. The first-order chi connectivity index (χ1) is 7.70. The summed E-state index contributed by atoms with van der Waals surface area (Å²) in [6.07, 6.45) is 7.57. The van der Waals surface area contributed by atoms with E-state index in [2.05, 4.69) is 39.0 Å². The molecule has 88 valence electrons. The van der Waals surface area contributed by atoms with Crippen LogP contribution in [-0.2, 0) is 0 Å². The van der Waals surface area contributed by atoms with Crippen molar-refractivity contribution in [1.29, 1.82) is 0 Å². The van der Waals surface area contributed by atoms with E-state index in [0.29, 0.717) is 11.7 Å². The molecule has 1 heteroatoms. The first kappa shape index (κ1) is 12.8. The standard InChI is InChI=1S/C15H22O/c1-4-6-7-10-13(5-2)15-12(3)9-8-11-14(15)16/h6-9,11,13,16H,4-5,10H2,1-3H3/b7-6-. The van der Waals surface area contributed by atoms with E-state index >= 15 is 0 Å². The third-order valence-electron chi connectivity index (χ3n) is 3.03. The van der Waals surface area contributed by atoms with Gasteiger partial charge in [-0.2, -0.15) is 0 Å². The number of phenolic OH excluding ortho intramolecular Hbond substituents is 1. The molecule has 0 bridgehead atoms. The largest absolute Gasteiger partial charge is 0.508 e. The molecule has 1 atom stereocenters. The van der Waals surface area contributed by atoms with E-state index in [4.69, 9.17) is 0 Å². The molecule has 16 heavy (non-hydrogen) atoms. The highest BCUT2D eigenvalue weighted by atomic mass is 16.3. The zero-order valence-electron chi connectivity index (χ0n) is 10.5. The Balaban J connectivity index is 2.90. The van der Waals surface area contributed by atoms with Crippen molar-refractivity contribution in [3.8, 4) is 5.75 Å². The van der Waals surface area contributed by atoms with Crippen molar-refractivity contribution < 1.29 is 5.11 Å². The van der Waals surface area contributed by atoms with Gasteiger partial charge in [-0.1, -0.05) is 38.1 Å². The molecule has 0 radical (unpaired) electrons. The van der Waals surface area contributed by atoms with Gasteiger partial charge in [-0.25, -0.2) is 0 Å². The van der Waals surface area contributed by atoms with E-state index in [0.717, 1.165) is 24.8 Å². The first-order valence-electron chi connectivity index (χ1n) is 6.14. The lowest BCUT2D eigenvalue weighted by molar-refractivity contribution is 0.458. The maximum absolute atomic E-state index is 9.93. The second-order valence-corrected chi connectivity index (χ2v) is 4.23. The maximum Gasteiger partial charge on any atom is 0.119 e. The summed E-state index contributed by atoms with van der Waals surface area (Å²) in [7, 11) is 0. The Bertz CT molecular complexity index is 332. The van der Waals surface area contributed by atoms with Gasteiger partial charge in [0.05, 0.1) is 0 Å². The molecule has 0 aromatic heterocycles. The van der Waals surface area contributed by atoms with Gasteiger partial charge in [0.15, 0.2) is 0 Å². The Hall–Kier alpha value is -1.24. The molecule has 1 N–H and O–H groups in total. The third-order valence-corrected chi connectivity index (χ3v) is 3.03. The van der Waals surface area contributed by atoms with Crippen LogP contribution in [0.4, 0.5) is 0 Å². The van der Waals surface area contributed by atoms with Crippen LogP contribution in [0.3, 0.4) is 0 Å². The minimum absolute atomic E-state index is 0.434. The molecular weight excluding hydrogens is 196 g/mol. The average Bonchev–Trinajstić information content (AvgIpc) is 2.26. The lowest BCUT2D eigenvalue weighted by atomic mass is 9.89. The number of rotatable bonds is 5. The molecule has 0 saturated heterocycles. The van der Waals surface area contributed by atoms with Crippen LogP contribution in [0.15, 0.2) is 30.4 Å². The number of hydrogen-bond acceptors (Lipinski definition) is 1. The van der Waals surface area contributed by atoms with Crippen molar-refractivity contribution in [2.75, 3.05) is 0 Å². The average molecular weight is 218 g/mol. The van der Waals surface area contributed by atoms with Crippen molar-refractivity contribution >= 4 is 0 Å². The Morgan fingerprint density at radius 1 is 1.25 bits per heavy atom. The number of phenols is 1. The highest BCUT2D eigenvalue weighted by Gasteiger charge is 2.14. The van der Waals surface area contributed by atoms with Crippen molar-refractivity contribution in [2.45, 2.75) is 46.0 Å². The van der Waals surface area contributed by atoms with Gasteiger partial charge in [0.2, 0.25) is 0 Å². The van der Waals surface area contributed by atoms with E-state index < -0.39 is 0 Å². The topological polar surface area (TPSA) is 20.2 Å². The molecule has 0 spiro atoms. The molecule has 1 unspecified atom stereocenters. The fourth-order valence-electron chi connectivity index (χ4n) is 2.11. The van der Waals surface area contributed by atoms with Gasteiger partial charge in [-0.15, -0.1) is 0 Å². The van der Waals surface area contributed by atoms with Crippen LogP contribution < -0.4 is 0 Å². The zero-order valence-corrected chi connectivity index (χ0v) is 10.5. The summed E-state index contributed by atoms with van der Waals surface area (Å²) >= 11 is 0. The number of aryl methyl sites for hydroxylation is 1. The summed E-state index contributed by atoms with van der Waals surface area (Å²) in [6, 6.07) is 5.76. The smallest absolute Gasteiger partial charge is 0.119 e. The van der Waals surface area contributed by atoms with Crippen molar-refractivity contribution in [2.24, 2.45) is 0 Å². The highest BCUT2D eigenvalue weighted by Crippen LogP contribution is 2.33. The molecular formula is C15H22O. The van der Waals surface area contributed by atoms with Crippen LogP contribution in [0, 0.1) is 6.92 Å². The highest BCUT2D eigenvalue weighted by molar-refractivity contribution is 5.41. The van der Waals surface area contributed by atoms with Crippen LogP contribution in [-0.4, -0.2) is 5.11 Å². The predicted molar refractivity (Wildman–Crippen MR) is 69.9 cm³/mol. The van der Waals surface area contributed by atoms with Crippen molar-refractivity contribution in [3.05, 3.63) is 41.5 Å². The van der Waals surface area contributed by atoms with Gasteiger partial charge in [-0.05, 0) is 43.7 Å². The quantitative estimate of drug-likeness (QED) is 0.719. The van der Waals surface area contributed by atoms with Gasteiger partial charge in [0.1, 0.15) is 5.75 Å². The second-order valence-electron chi connectivity index (χ2n) is 4.23. The van der Waals surface area contributed by atoms with Crippen LogP contribution in [0.1, 0.15) is 50.2 Å². The summed E-state index contributed by atoms with van der Waals surface area (Å²) in [5.41, 5.74) is 2.31. The molecule has 0 amide bonds.